The molecule has 0 saturated heterocycles. The summed E-state index contributed by atoms with van der Waals surface area (Å²) in [4.78, 5) is 0. The van der Waals surface area contributed by atoms with E-state index >= 15 is 0 Å². The van der Waals surface area contributed by atoms with Crippen LogP contribution in [0.2, 0.25) is 0 Å². The molecule has 0 aromatic heterocycles. The minimum Gasteiger partial charge on any atom is -0.395 e. The maximum absolute atomic E-state index is 10.3. The van der Waals surface area contributed by atoms with E-state index in [4.69, 9.17) is 9.84 Å². The van der Waals surface area contributed by atoms with Crippen LogP contribution in [0, 0.1) is 11.8 Å². The largest absolute Gasteiger partial charge is 0.395 e. The Kier molecular flexibility index (Phi) is 10.9. The molecule has 0 heterocycles. The molecular formula is C31H36O3. The first kappa shape index (κ1) is 25.7. The number of hydrogen-bond donors (Lipinski definition) is 2. The SMILES string of the molecule is OCCC#CCCC[C@H](O)CCCCOC(c1ccccc1)(c1ccccc1)c1ccccc1. The monoisotopic (exact) mass is 456 g/mol. The predicted molar refractivity (Wildman–Crippen MR) is 138 cm³/mol. The normalized spacial score (nSPS) is 12.1. The van der Waals surface area contributed by atoms with Gasteiger partial charge in [0, 0.05) is 19.4 Å². The lowest BCUT2D eigenvalue weighted by atomic mass is 9.80. The Morgan fingerprint density at radius 3 is 1.62 bits per heavy atom. The van der Waals surface area contributed by atoms with Crippen molar-refractivity contribution >= 4 is 0 Å². The molecule has 0 aliphatic rings. The van der Waals surface area contributed by atoms with Crippen molar-refractivity contribution in [1.29, 1.82) is 0 Å². The molecule has 0 fully saturated rings. The van der Waals surface area contributed by atoms with E-state index in [1.165, 1.54) is 0 Å². The number of hydrogen-bond acceptors (Lipinski definition) is 3. The van der Waals surface area contributed by atoms with E-state index in [0.717, 1.165) is 55.2 Å². The summed E-state index contributed by atoms with van der Waals surface area (Å²) in [5.41, 5.74) is 2.63. The lowest BCUT2D eigenvalue weighted by molar-refractivity contribution is 0.00933. The molecule has 3 nitrogen and oxygen atoms in total. The van der Waals surface area contributed by atoms with Gasteiger partial charge in [0.05, 0.1) is 12.7 Å². The molecule has 1 atom stereocenters. The molecule has 0 aliphatic carbocycles. The fraction of sp³-hybridized carbons (Fsp3) is 0.355. The summed E-state index contributed by atoms with van der Waals surface area (Å²) in [6.45, 7) is 0.704. The van der Waals surface area contributed by atoms with E-state index in [9.17, 15) is 5.11 Å². The van der Waals surface area contributed by atoms with Crippen LogP contribution in [0.4, 0.5) is 0 Å². The van der Waals surface area contributed by atoms with E-state index in [-0.39, 0.29) is 12.7 Å². The van der Waals surface area contributed by atoms with Gasteiger partial charge >= 0.3 is 0 Å². The van der Waals surface area contributed by atoms with Crippen molar-refractivity contribution in [3.8, 4) is 11.8 Å². The van der Waals surface area contributed by atoms with Crippen LogP contribution in [0.5, 0.6) is 0 Å². The van der Waals surface area contributed by atoms with Crippen molar-refractivity contribution in [1.82, 2.24) is 0 Å². The molecule has 0 radical (unpaired) electrons. The summed E-state index contributed by atoms with van der Waals surface area (Å²) in [5.74, 6) is 5.97. The van der Waals surface area contributed by atoms with Crippen molar-refractivity contribution in [3.05, 3.63) is 108 Å². The second-order valence-corrected chi connectivity index (χ2v) is 8.50. The summed E-state index contributed by atoms with van der Waals surface area (Å²) in [5, 5.41) is 19.1. The summed E-state index contributed by atoms with van der Waals surface area (Å²) < 4.78 is 6.79. The zero-order chi connectivity index (χ0) is 23.9. The highest BCUT2D eigenvalue weighted by Gasteiger charge is 2.37. The average Bonchev–Trinajstić information content (AvgIpc) is 2.90. The Labute approximate surface area is 204 Å². The van der Waals surface area contributed by atoms with Gasteiger partial charge in [0.1, 0.15) is 5.60 Å². The fourth-order valence-electron chi connectivity index (χ4n) is 4.28. The highest BCUT2D eigenvalue weighted by molar-refractivity contribution is 5.47. The van der Waals surface area contributed by atoms with Crippen molar-refractivity contribution in [2.75, 3.05) is 13.2 Å². The Balaban J connectivity index is 1.64. The molecule has 3 heteroatoms. The lowest BCUT2D eigenvalue weighted by Gasteiger charge is -2.36. The second kappa shape index (κ2) is 14.4. The number of rotatable bonds is 13. The zero-order valence-electron chi connectivity index (χ0n) is 19.9. The number of unbranched alkanes of at least 4 members (excludes halogenated alkanes) is 2. The van der Waals surface area contributed by atoms with Crippen LogP contribution in [-0.4, -0.2) is 29.5 Å². The van der Waals surface area contributed by atoms with Crippen LogP contribution in [-0.2, 0) is 10.3 Å². The van der Waals surface area contributed by atoms with Gasteiger partial charge in [-0.2, -0.15) is 0 Å². The van der Waals surface area contributed by atoms with E-state index in [1.807, 2.05) is 18.2 Å². The molecule has 0 saturated carbocycles. The van der Waals surface area contributed by atoms with Crippen LogP contribution in [0.3, 0.4) is 0 Å². The molecular weight excluding hydrogens is 420 g/mol. The van der Waals surface area contributed by atoms with Crippen molar-refractivity contribution < 1.29 is 14.9 Å². The third kappa shape index (κ3) is 7.30. The van der Waals surface area contributed by atoms with Crippen LogP contribution < -0.4 is 0 Å². The molecule has 3 aromatic carbocycles. The third-order valence-corrected chi connectivity index (χ3v) is 5.99. The van der Waals surface area contributed by atoms with E-state index in [1.54, 1.807) is 0 Å². The van der Waals surface area contributed by atoms with Crippen LogP contribution in [0.15, 0.2) is 91.0 Å². The predicted octanol–water partition coefficient (Wildman–Crippen LogP) is 6.08. The van der Waals surface area contributed by atoms with Crippen molar-refractivity contribution in [2.45, 2.75) is 56.7 Å². The molecule has 2 N–H and O–H groups in total. The number of benzene rings is 3. The van der Waals surface area contributed by atoms with Gasteiger partial charge in [-0.3, -0.25) is 0 Å². The van der Waals surface area contributed by atoms with Crippen LogP contribution in [0.25, 0.3) is 0 Å². The maximum Gasteiger partial charge on any atom is 0.143 e. The van der Waals surface area contributed by atoms with Crippen LogP contribution >= 0.6 is 0 Å². The van der Waals surface area contributed by atoms with Crippen LogP contribution in [0.1, 0.15) is 61.6 Å². The van der Waals surface area contributed by atoms with Gasteiger partial charge in [-0.1, -0.05) is 91.0 Å². The molecule has 0 aliphatic heterocycles. The first-order chi connectivity index (χ1) is 16.8. The minimum atomic E-state index is -0.685. The lowest BCUT2D eigenvalue weighted by Crippen LogP contribution is -2.33. The topological polar surface area (TPSA) is 49.7 Å². The molecule has 0 unspecified atom stereocenters. The smallest absolute Gasteiger partial charge is 0.143 e. The Bertz CT molecular complexity index is 894. The first-order valence-electron chi connectivity index (χ1n) is 12.3. The zero-order valence-corrected chi connectivity index (χ0v) is 19.9. The molecule has 0 amide bonds. The summed E-state index contributed by atoms with van der Waals surface area (Å²) >= 11 is 0. The molecule has 3 aromatic rings. The Morgan fingerprint density at radius 2 is 1.12 bits per heavy atom. The second-order valence-electron chi connectivity index (χ2n) is 8.50. The van der Waals surface area contributed by atoms with Gasteiger partial charge in [-0.05, 0) is 48.8 Å². The van der Waals surface area contributed by atoms with Gasteiger partial charge in [0.25, 0.3) is 0 Å². The average molecular weight is 457 g/mol. The summed E-state index contributed by atoms with van der Waals surface area (Å²) in [7, 11) is 0. The quantitative estimate of drug-likeness (QED) is 0.186. The van der Waals surface area contributed by atoms with E-state index in [2.05, 4.69) is 84.6 Å². The first-order valence-corrected chi connectivity index (χ1v) is 12.3. The standard InChI is InChI=1S/C31H36O3/c32-25-15-3-1-2-13-23-30(33)24-14-16-26-34-31(27-17-7-4-8-18-27,28-19-9-5-10-20-28)29-21-11-6-12-22-29/h4-12,17-22,30,32-33H,2,13-16,23-26H2/t30-/m0/s1. The van der Waals surface area contributed by atoms with Gasteiger partial charge in [0.2, 0.25) is 0 Å². The summed E-state index contributed by atoms with van der Waals surface area (Å²) in [6, 6.07) is 31.2. The molecule has 0 bridgehead atoms. The number of aliphatic hydroxyl groups is 2. The van der Waals surface area contributed by atoms with E-state index < -0.39 is 5.60 Å². The van der Waals surface area contributed by atoms with Gasteiger partial charge in [-0.15, -0.1) is 11.8 Å². The Hall–Kier alpha value is -2.90. The van der Waals surface area contributed by atoms with Crippen molar-refractivity contribution in [3.63, 3.8) is 0 Å². The van der Waals surface area contributed by atoms with Crippen molar-refractivity contribution in [2.24, 2.45) is 0 Å². The fourth-order valence-corrected chi connectivity index (χ4v) is 4.28. The molecule has 0 spiro atoms. The molecule has 178 valence electrons. The molecule has 3 rings (SSSR count). The highest BCUT2D eigenvalue weighted by atomic mass is 16.5. The third-order valence-electron chi connectivity index (χ3n) is 5.99. The van der Waals surface area contributed by atoms with Gasteiger partial charge < -0.3 is 14.9 Å². The maximum atomic E-state index is 10.3. The summed E-state index contributed by atoms with van der Waals surface area (Å²) in [6.07, 6.45) is 5.19. The highest BCUT2D eigenvalue weighted by Crippen LogP contribution is 2.40. The minimum absolute atomic E-state index is 0.109. The number of aliphatic hydroxyl groups excluding tert-OH is 2. The van der Waals surface area contributed by atoms with E-state index in [0.29, 0.717) is 13.0 Å². The Morgan fingerprint density at radius 1 is 0.647 bits per heavy atom. The van der Waals surface area contributed by atoms with Gasteiger partial charge in [-0.25, -0.2) is 0 Å². The number of ether oxygens (including phenoxy) is 1. The molecule has 34 heavy (non-hydrogen) atoms. The van der Waals surface area contributed by atoms with Gasteiger partial charge in [0.15, 0.2) is 0 Å².